The van der Waals surface area contributed by atoms with Crippen LogP contribution in [0.25, 0.3) is 72.0 Å². The summed E-state index contributed by atoms with van der Waals surface area (Å²) in [6, 6.07) is 116. The van der Waals surface area contributed by atoms with Crippen LogP contribution in [0.1, 0.15) is 0 Å². The molecule has 0 aliphatic rings. The summed E-state index contributed by atoms with van der Waals surface area (Å²) >= 11 is 0. The average Bonchev–Trinajstić information content (AvgIpc) is 3.83. The van der Waals surface area contributed by atoms with Gasteiger partial charge in [-0.25, -0.2) is 0 Å². The minimum atomic E-state index is -2.71. The van der Waals surface area contributed by atoms with E-state index in [4.69, 9.17) is 0 Å². The zero-order valence-electron chi connectivity index (χ0n) is 41.4. The Balaban J connectivity index is 0.875. The van der Waals surface area contributed by atoms with Gasteiger partial charge in [0.15, 0.2) is 8.07 Å². The number of rotatable bonds is 12. The molecule has 0 fully saturated rings. The van der Waals surface area contributed by atoms with Crippen molar-refractivity contribution in [3.05, 3.63) is 315 Å². The standard InChI is InChI=1S/C72H52N2Si/c1-7-19-53(20-8-1)56-31-39-61(40-32-56)73(63-45-47-68(48-46-63)75(65-25-13-4-14-26-65,66-27-15-5-16-28-66)67-29-17-6-18-30-67)62-41-33-57(34-42-62)58-35-43-64(44-36-58)74-71-49-37-59(54-21-9-2-10-22-54)51-69(71)70-52-60(38-50-72(70)74)55-23-11-3-12-24-55/h1-52H. The van der Waals surface area contributed by atoms with E-state index in [1.165, 1.54) is 75.9 Å². The largest absolute Gasteiger partial charge is 0.311 e. The highest BCUT2D eigenvalue weighted by Crippen LogP contribution is 2.39. The molecule has 12 aromatic carbocycles. The Morgan fingerprint density at radius 3 is 0.853 bits per heavy atom. The third kappa shape index (κ3) is 8.45. The average molecular weight is 973 g/mol. The van der Waals surface area contributed by atoms with Crippen LogP contribution >= 0.6 is 0 Å². The van der Waals surface area contributed by atoms with Gasteiger partial charge in [-0.15, -0.1) is 0 Å². The molecule has 0 amide bonds. The molecule has 0 atom stereocenters. The molecule has 2 nitrogen and oxygen atoms in total. The Bertz CT molecular complexity index is 3840. The monoisotopic (exact) mass is 972 g/mol. The van der Waals surface area contributed by atoms with Crippen LogP contribution in [0.5, 0.6) is 0 Å². The lowest BCUT2D eigenvalue weighted by atomic mass is 10.0. The number of hydrogen-bond acceptors (Lipinski definition) is 1. The van der Waals surface area contributed by atoms with Gasteiger partial charge in [0.1, 0.15) is 0 Å². The summed E-state index contributed by atoms with van der Waals surface area (Å²) in [7, 11) is -2.71. The molecule has 75 heavy (non-hydrogen) atoms. The summed E-state index contributed by atoms with van der Waals surface area (Å²) in [5.41, 5.74) is 16.3. The molecule has 0 bridgehead atoms. The van der Waals surface area contributed by atoms with Gasteiger partial charge in [-0.2, -0.15) is 0 Å². The maximum absolute atomic E-state index is 2.71. The number of nitrogens with zero attached hydrogens (tertiary/aromatic N) is 2. The highest BCUT2D eigenvalue weighted by Gasteiger charge is 2.41. The van der Waals surface area contributed by atoms with Crippen LogP contribution in [0.2, 0.25) is 0 Å². The highest BCUT2D eigenvalue weighted by atomic mass is 28.3. The smallest absolute Gasteiger partial charge is 0.179 e. The van der Waals surface area contributed by atoms with Gasteiger partial charge in [-0.1, -0.05) is 243 Å². The molecule has 3 heteroatoms. The molecule has 0 aliphatic heterocycles. The summed E-state index contributed by atoms with van der Waals surface area (Å²) in [5.74, 6) is 0. The van der Waals surface area contributed by atoms with Gasteiger partial charge in [0, 0.05) is 33.5 Å². The van der Waals surface area contributed by atoms with E-state index in [9.17, 15) is 0 Å². The van der Waals surface area contributed by atoms with Crippen LogP contribution in [0.15, 0.2) is 315 Å². The molecule has 0 N–H and O–H groups in total. The molecule has 13 rings (SSSR count). The van der Waals surface area contributed by atoms with Crippen LogP contribution in [-0.4, -0.2) is 12.6 Å². The van der Waals surface area contributed by atoms with Crippen molar-refractivity contribution in [2.75, 3.05) is 4.90 Å². The van der Waals surface area contributed by atoms with Gasteiger partial charge in [0.2, 0.25) is 0 Å². The van der Waals surface area contributed by atoms with E-state index in [-0.39, 0.29) is 0 Å². The fourth-order valence-electron chi connectivity index (χ4n) is 11.3. The third-order valence-electron chi connectivity index (χ3n) is 15.0. The van der Waals surface area contributed by atoms with Crippen molar-refractivity contribution >= 4 is 67.7 Å². The van der Waals surface area contributed by atoms with Gasteiger partial charge in [-0.3, -0.25) is 0 Å². The Morgan fingerprint density at radius 2 is 0.493 bits per heavy atom. The van der Waals surface area contributed by atoms with Gasteiger partial charge in [-0.05, 0) is 138 Å². The summed E-state index contributed by atoms with van der Waals surface area (Å²) < 4.78 is 2.42. The first-order valence-corrected chi connectivity index (χ1v) is 27.8. The van der Waals surface area contributed by atoms with Crippen molar-refractivity contribution in [2.45, 2.75) is 0 Å². The minimum Gasteiger partial charge on any atom is -0.311 e. The van der Waals surface area contributed by atoms with Gasteiger partial charge in [0.25, 0.3) is 0 Å². The van der Waals surface area contributed by atoms with Crippen molar-refractivity contribution in [1.29, 1.82) is 0 Å². The number of anilines is 3. The number of fused-ring (bicyclic) bond motifs is 3. The fourth-order valence-corrected chi connectivity index (χ4v) is 16.1. The zero-order valence-corrected chi connectivity index (χ0v) is 42.4. The number of hydrogen-bond donors (Lipinski definition) is 0. The SMILES string of the molecule is c1ccc(-c2ccc(N(c3ccc(-c4ccc(-n5c6ccc(-c7ccccc7)cc6c6cc(-c7ccccc7)ccc65)cc4)cc3)c3ccc([Si](c4ccccc4)(c4ccccc4)c4ccccc4)cc3)cc2)cc1. The maximum Gasteiger partial charge on any atom is 0.179 e. The quantitative estimate of drug-likeness (QED) is 0.0875. The molecule has 1 aromatic heterocycles. The van der Waals surface area contributed by atoms with Crippen molar-refractivity contribution in [3.63, 3.8) is 0 Å². The maximum atomic E-state index is 2.42. The Hall–Kier alpha value is -9.54. The molecule has 0 spiro atoms. The Morgan fingerprint density at radius 1 is 0.227 bits per heavy atom. The van der Waals surface area contributed by atoms with Crippen molar-refractivity contribution in [1.82, 2.24) is 4.57 Å². The van der Waals surface area contributed by atoms with Gasteiger partial charge < -0.3 is 9.47 Å². The minimum absolute atomic E-state index is 1.09. The first kappa shape index (κ1) is 45.3. The van der Waals surface area contributed by atoms with Gasteiger partial charge >= 0.3 is 0 Å². The lowest BCUT2D eigenvalue weighted by Gasteiger charge is -2.35. The van der Waals surface area contributed by atoms with Crippen LogP contribution in [0.3, 0.4) is 0 Å². The van der Waals surface area contributed by atoms with E-state index in [1.54, 1.807) is 0 Å². The Kier molecular flexibility index (Phi) is 12.0. The summed E-state index contributed by atoms with van der Waals surface area (Å²) in [5, 5.41) is 7.89. The molecule has 0 unspecified atom stereocenters. The van der Waals surface area contributed by atoms with Crippen molar-refractivity contribution in [3.8, 4) is 50.2 Å². The Labute approximate surface area is 440 Å². The summed E-state index contributed by atoms with van der Waals surface area (Å²) in [4.78, 5) is 2.39. The number of aromatic nitrogens is 1. The number of benzene rings is 12. The second kappa shape index (κ2) is 19.8. The zero-order chi connectivity index (χ0) is 50.0. The third-order valence-corrected chi connectivity index (χ3v) is 19.8. The van der Waals surface area contributed by atoms with E-state index < -0.39 is 8.07 Å². The predicted octanol–water partition coefficient (Wildman–Crippen LogP) is 16.3. The predicted molar refractivity (Wildman–Crippen MR) is 321 cm³/mol. The topological polar surface area (TPSA) is 8.17 Å². The van der Waals surface area contributed by atoms with Crippen molar-refractivity contribution < 1.29 is 0 Å². The van der Waals surface area contributed by atoms with E-state index in [0.29, 0.717) is 0 Å². The van der Waals surface area contributed by atoms with Crippen LogP contribution in [0, 0.1) is 0 Å². The lowest BCUT2D eigenvalue weighted by molar-refractivity contribution is 1.18. The van der Waals surface area contributed by atoms with Crippen molar-refractivity contribution in [2.24, 2.45) is 0 Å². The van der Waals surface area contributed by atoms with Gasteiger partial charge in [0.05, 0.1) is 11.0 Å². The van der Waals surface area contributed by atoms with E-state index in [2.05, 4.69) is 325 Å². The first-order valence-electron chi connectivity index (χ1n) is 25.8. The van der Waals surface area contributed by atoms with Crippen LogP contribution in [-0.2, 0) is 0 Å². The summed E-state index contributed by atoms with van der Waals surface area (Å²) in [6.07, 6.45) is 0. The highest BCUT2D eigenvalue weighted by molar-refractivity contribution is 7.19. The molecule has 13 aromatic rings. The van der Waals surface area contributed by atoms with E-state index in [0.717, 1.165) is 33.9 Å². The molecule has 1 heterocycles. The summed E-state index contributed by atoms with van der Waals surface area (Å²) in [6.45, 7) is 0. The molecule has 0 aliphatic carbocycles. The fraction of sp³-hybridized carbons (Fsp3) is 0. The van der Waals surface area contributed by atoms with E-state index >= 15 is 0 Å². The molecule has 354 valence electrons. The second-order valence-corrected chi connectivity index (χ2v) is 23.1. The normalized spacial score (nSPS) is 11.5. The van der Waals surface area contributed by atoms with Crippen LogP contribution in [0.4, 0.5) is 17.1 Å². The van der Waals surface area contributed by atoms with Crippen LogP contribution < -0.4 is 25.6 Å². The molecule has 0 saturated heterocycles. The van der Waals surface area contributed by atoms with E-state index in [1.807, 2.05) is 0 Å². The molecule has 0 radical (unpaired) electrons. The lowest BCUT2D eigenvalue weighted by Crippen LogP contribution is -2.74. The first-order chi connectivity index (χ1) is 37.2. The molecule has 0 saturated carbocycles. The second-order valence-electron chi connectivity index (χ2n) is 19.3. The molecular formula is C72H52N2Si. The molecular weight excluding hydrogens is 921 g/mol.